The van der Waals surface area contributed by atoms with Crippen LogP contribution in [-0.2, 0) is 14.8 Å². The fourth-order valence-corrected chi connectivity index (χ4v) is 4.24. The lowest BCUT2D eigenvalue weighted by molar-refractivity contribution is -0.132. The summed E-state index contributed by atoms with van der Waals surface area (Å²) in [6.45, 7) is 2.49. The van der Waals surface area contributed by atoms with E-state index >= 15 is 0 Å². The first-order valence-electron chi connectivity index (χ1n) is 9.05. The van der Waals surface area contributed by atoms with Gasteiger partial charge in [0.1, 0.15) is 0 Å². The molecule has 160 valence electrons. The Kier molecular flexibility index (Phi) is 10.0. The van der Waals surface area contributed by atoms with Gasteiger partial charge in [0.2, 0.25) is 15.9 Å². The fourth-order valence-electron chi connectivity index (χ4n) is 3.19. The SMILES string of the molecule is CNCC1CCN(C(=O)CCNS(=O)(=O)c2ccc(OC)c(OC)c2)CC1.Cl. The number of nitrogens with one attached hydrogen (secondary N) is 2. The van der Waals surface area contributed by atoms with Gasteiger partial charge in [0.05, 0.1) is 19.1 Å². The van der Waals surface area contributed by atoms with Gasteiger partial charge in [0.15, 0.2) is 11.5 Å². The molecule has 1 amide bonds. The minimum absolute atomic E-state index is 0. The number of amides is 1. The molecule has 1 heterocycles. The maximum absolute atomic E-state index is 12.4. The van der Waals surface area contributed by atoms with Crippen molar-refractivity contribution < 1.29 is 22.7 Å². The third-order valence-electron chi connectivity index (χ3n) is 4.76. The number of sulfonamides is 1. The van der Waals surface area contributed by atoms with E-state index in [-0.39, 0.29) is 36.2 Å². The number of halogens is 1. The van der Waals surface area contributed by atoms with E-state index < -0.39 is 10.0 Å². The van der Waals surface area contributed by atoms with Crippen LogP contribution in [0.25, 0.3) is 0 Å². The molecule has 1 aliphatic heterocycles. The van der Waals surface area contributed by atoms with Crippen LogP contribution in [0.2, 0.25) is 0 Å². The van der Waals surface area contributed by atoms with Crippen molar-refractivity contribution in [3.8, 4) is 11.5 Å². The second-order valence-corrected chi connectivity index (χ2v) is 8.31. The highest BCUT2D eigenvalue weighted by atomic mass is 35.5. The van der Waals surface area contributed by atoms with Crippen LogP contribution in [-0.4, -0.2) is 66.7 Å². The molecule has 0 aliphatic carbocycles. The molecular formula is C18H30ClN3O5S. The van der Waals surface area contributed by atoms with E-state index in [1.807, 2.05) is 11.9 Å². The molecule has 0 aromatic heterocycles. The summed E-state index contributed by atoms with van der Waals surface area (Å²) in [5.41, 5.74) is 0. The molecular weight excluding hydrogens is 406 g/mol. The molecule has 0 saturated carbocycles. The summed E-state index contributed by atoms with van der Waals surface area (Å²) in [5.74, 6) is 1.37. The average Bonchev–Trinajstić information content (AvgIpc) is 2.68. The normalized spacial score (nSPS) is 15.0. The number of benzene rings is 1. The van der Waals surface area contributed by atoms with Crippen molar-refractivity contribution in [3.05, 3.63) is 18.2 Å². The van der Waals surface area contributed by atoms with Gasteiger partial charge < -0.3 is 19.7 Å². The Bertz CT molecular complexity index is 737. The number of piperidine rings is 1. The molecule has 0 unspecified atom stereocenters. The predicted molar refractivity (Wildman–Crippen MR) is 110 cm³/mol. The van der Waals surface area contributed by atoms with Crippen LogP contribution in [0.1, 0.15) is 19.3 Å². The molecule has 28 heavy (non-hydrogen) atoms. The smallest absolute Gasteiger partial charge is 0.240 e. The second-order valence-electron chi connectivity index (χ2n) is 6.55. The summed E-state index contributed by atoms with van der Waals surface area (Å²) in [6, 6.07) is 4.38. The first kappa shape index (κ1) is 24.5. The van der Waals surface area contributed by atoms with Crippen molar-refractivity contribution in [1.82, 2.24) is 14.9 Å². The number of nitrogens with zero attached hydrogens (tertiary/aromatic N) is 1. The molecule has 0 radical (unpaired) electrons. The van der Waals surface area contributed by atoms with Crippen molar-refractivity contribution >= 4 is 28.3 Å². The summed E-state index contributed by atoms with van der Waals surface area (Å²) in [5, 5.41) is 3.17. The largest absolute Gasteiger partial charge is 0.493 e. The van der Waals surface area contributed by atoms with E-state index in [9.17, 15) is 13.2 Å². The van der Waals surface area contributed by atoms with E-state index in [0.717, 1.165) is 32.5 Å². The van der Waals surface area contributed by atoms with Gasteiger partial charge in [-0.25, -0.2) is 13.1 Å². The summed E-state index contributed by atoms with van der Waals surface area (Å²) in [7, 11) is 1.14. The molecule has 8 nitrogen and oxygen atoms in total. The highest BCUT2D eigenvalue weighted by Crippen LogP contribution is 2.29. The zero-order valence-corrected chi connectivity index (χ0v) is 18.2. The van der Waals surface area contributed by atoms with Crippen LogP contribution in [0.4, 0.5) is 0 Å². The zero-order valence-electron chi connectivity index (χ0n) is 16.6. The quantitative estimate of drug-likeness (QED) is 0.606. The minimum atomic E-state index is -3.72. The molecule has 1 aromatic carbocycles. The number of methoxy groups -OCH3 is 2. The summed E-state index contributed by atoms with van der Waals surface area (Å²) in [4.78, 5) is 14.2. The minimum Gasteiger partial charge on any atom is -0.493 e. The Hall–Kier alpha value is -1.55. The average molecular weight is 436 g/mol. The Balaban J connectivity index is 0.00000392. The number of ether oxygens (including phenoxy) is 2. The van der Waals surface area contributed by atoms with Crippen molar-refractivity contribution in [2.45, 2.75) is 24.2 Å². The lowest BCUT2D eigenvalue weighted by atomic mass is 9.96. The van der Waals surface area contributed by atoms with Gasteiger partial charge in [0, 0.05) is 32.1 Å². The maximum Gasteiger partial charge on any atom is 0.240 e. The molecule has 1 aromatic rings. The van der Waals surface area contributed by atoms with E-state index in [1.165, 1.54) is 32.4 Å². The third-order valence-corrected chi connectivity index (χ3v) is 6.21. The molecule has 1 saturated heterocycles. The molecule has 2 N–H and O–H groups in total. The molecule has 0 spiro atoms. The number of carbonyl (C=O) groups is 1. The standard InChI is InChI=1S/C18H29N3O5S.ClH/c1-19-13-14-7-10-21(11-8-14)18(22)6-9-20-27(23,24)15-4-5-16(25-2)17(12-15)26-3;/h4-5,12,14,19-20H,6-11,13H2,1-3H3;1H. The number of hydrogen-bond acceptors (Lipinski definition) is 6. The van der Waals surface area contributed by atoms with E-state index in [1.54, 1.807) is 0 Å². The van der Waals surface area contributed by atoms with Gasteiger partial charge in [-0.15, -0.1) is 12.4 Å². The van der Waals surface area contributed by atoms with Crippen LogP contribution in [0.3, 0.4) is 0 Å². The van der Waals surface area contributed by atoms with Gasteiger partial charge in [0.25, 0.3) is 0 Å². The topological polar surface area (TPSA) is 97.0 Å². The molecule has 2 rings (SSSR count). The van der Waals surface area contributed by atoms with Crippen molar-refractivity contribution in [2.24, 2.45) is 5.92 Å². The predicted octanol–water partition coefficient (Wildman–Crippen LogP) is 1.25. The van der Waals surface area contributed by atoms with E-state index in [0.29, 0.717) is 17.4 Å². The molecule has 1 fully saturated rings. The van der Waals surface area contributed by atoms with Crippen LogP contribution in [0.5, 0.6) is 11.5 Å². The van der Waals surface area contributed by atoms with Crippen LogP contribution in [0.15, 0.2) is 23.1 Å². The van der Waals surface area contributed by atoms with E-state index in [4.69, 9.17) is 9.47 Å². The van der Waals surface area contributed by atoms with Gasteiger partial charge in [-0.3, -0.25) is 4.79 Å². The van der Waals surface area contributed by atoms with Gasteiger partial charge in [-0.1, -0.05) is 0 Å². The highest BCUT2D eigenvalue weighted by Gasteiger charge is 2.23. The zero-order chi connectivity index (χ0) is 19.9. The molecule has 10 heteroatoms. The number of carbonyl (C=O) groups excluding carboxylic acids is 1. The van der Waals surface area contributed by atoms with Crippen LogP contribution in [0, 0.1) is 5.92 Å². The van der Waals surface area contributed by atoms with Crippen molar-refractivity contribution in [1.29, 1.82) is 0 Å². The molecule has 0 atom stereocenters. The van der Waals surface area contributed by atoms with E-state index in [2.05, 4.69) is 10.0 Å². The first-order chi connectivity index (χ1) is 12.9. The monoisotopic (exact) mass is 435 g/mol. The number of rotatable bonds is 9. The summed E-state index contributed by atoms with van der Waals surface area (Å²) in [6.07, 6.45) is 2.09. The second kappa shape index (κ2) is 11.5. The van der Waals surface area contributed by atoms with Gasteiger partial charge in [-0.05, 0) is 44.5 Å². The highest BCUT2D eigenvalue weighted by molar-refractivity contribution is 7.89. The van der Waals surface area contributed by atoms with Crippen molar-refractivity contribution in [2.75, 3.05) is 47.4 Å². The third kappa shape index (κ3) is 6.51. The van der Waals surface area contributed by atoms with Crippen LogP contribution >= 0.6 is 12.4 Å². The Morgan fingerprint density at radius 2 is 1.82 bits per heavy atom. The summed E-state index contributed by atoms with van der Waals surface area (Å²) >= 11 is 0. The first-order valence-corrected chi connectivity index (χ1v) is 10.5. The Labute approximate surface area is 173 Å². The van der Waals surface area contributed by atoms with Gasteiger partial charge in [-0.2, -0.15) is 0 Å². The fraction of sp³-hybridized carbons (Fsp3) is 0.611. The van der Waals surface area contributed by atoms with Crippen molar-refractivity contribution in [3.63, 3.8) is 0 Å². The number of likely N-dealkylation sites (tertiary alicyclic amines) is 1. The molecule has 0 bridgehead atoms. The number of hydrogen-bond donors (Lipinski definition) is 2. The maximum atomic E-state index is 12.4. The van der Waals surface area contributed by atoms with Gasteiger partial charge >= 0.3 is 0 Å². The summed E-state index contributed by atoms with van der Waals surface area (Å²) < 4.78 is 37.6. The molecule has 1 aliphatic rings. The lowest BCUT2D eigenvalue weighted by Gasteiger charge is -2.32. The Morgan fingerprint density at radius 3 is 2.39 bits per heavy atom. The Morgan fingerprint density at radius 1 is 1.18 bits per heavy atom. The lowest BCUT2D eigenvalue weighted by Crippen LogP contribution is -2.41. The van der Waals surface area contributed by atoms with Crippen LogP contribution < -0.4 is 19.5 Å².